The zero-order valence-electron chi connectivity index (χ0n) is 10.1. The Morgan fingerprint density at radius 3 is 2.50 bits per heavy atom. The van der Waals surface area contributed by atoms with Crippen molar-refractivity contribution in [3.05, 3.63) is 59.9 Å². The molecule has 0 radical (unpaired) electrons. The first-order valence-electron chi connectivity index (χ1n) is 5.61. The van der Waals surface area contributed by atoms with E-state index in [9.17, 15) is 18.0 Å². The second kappa shape index (κ2) is 5.60. The number of halogens is 3. The third-order valence-electron chi connectivity index (χ3n) is 2.47. The zero-order chi connectivity index (χ0) is 14.6. The number of amides is 1. The molecule has 1 aromatic carbocycles. The van der Waals surface area contributed by atoms with Gasteiger partial charge in [0.25, 0.3) is 5.91 Å². The number of carbonyl (C=O) groups excluding carboxylic acids is 1. The first kappa shape index (κ1) is 13.9. The van der Waals surface area contributed by atoms with Gasteiger partial charge in [-0.05, 0) is 24.3 Å². The summed E-state index contributed by atoms with van der Waals surface area (Å²) in [7, 11) is 0. The van der Waals surface area contributed by atoms with Crippen LogP contribution in [0.1, 0.15) is 15.9 Å². The lowest BCUT2D eigenvalue weighted by atomic mass is 10.2. The Bertz CT molecular complexity index is 599. The maximum Gasteiger partial charge on any atom is 0.418 e. The summed E-state index contributed by atoms with van der Waals surface area (Å²) < 4.78 is 38.2. The first-order chi connectivity index (χ1) is 9.48. The monoisotopic (exact) mass is 281 g/mol. The van der Waals surface area contributed by atoms with Crippen LogP contribution in [0.5, 0.6) is 0 Å². The van der Waals surface area contributed by atoms with Crippen LogP contribution in [0.4, 0.5) is 18.9 Å². The van der Waals surface area contributed by atoms with E-state index in [1.54, 1.807) is 6.07 Å². The number of hydrazine groups is 1. The number of para-hydroxylation sites is 1. The van der Waals surface area contributed by atoms with Crippen LogP contribution in [0.2, 0.25) is 0 Å². The van der Waals surface area contributed by atoms with Gasteiger partial charge in [0.05, 0.1) is 16.8 Å². The average molecular weight is 281 g/mol. The summed E-state index contributed by atoms with van der Waals surface area (Å²) in [6.07, 6.45) is -1.70. The predicted molar refractivity (Wildman–Crippen MR) is 66.8 cm³/mol. The highest BCUT2D eigenvalue weighted by Gasteiger charge is 2.33. The van der Waals surface area contributed by atoms with E-state index in [1.165, 1.54) is 36.7 Å². The van der Waals surface area contributed by atoms with E-state index < -0.39 is 17.6 Å². The summed E-state index contributed by atoms with van der Waals surface area (Å²) in [4.78, 5) is 15.4. The zero-order valence-corrected chi connectivity index (χ0v) is 10.1. The fourth-order valence-electron chi connectivity index (χ4n) is 1.53. The van der Waals surface area contributed by atoms with Gasteiger partial charge in [-0.3, -0.25) is 20.6 Å². The Morgan fingerprint density at radius 1 is 1.10 bits per heavy atom. The van der Waals surface area contributed by atoms with Gasteiger partial charge in [-0.1, -0.05) is 12.1 Å². The molecule has 0 saturated carbocycles. The molecular formula is C13H10F3N3O. The van der Waals surface area contributed by atoms with Gasteiger partial charge >= 0.3 is 6.18 Å². The van der Waals surface area contributed by atoms with Gasteiger partial charge in [-0.2, -0.15) is 13.2 Å². The first-order valence-corrected chi connectivity index (χ1v) is 5.61. The lowest BCUT2D eigenvalue weighted by molar-refractivity contribution is -0.137. The molecule has 0 atom stereocenters. The number of hydrogen-bond acceptors (Lipinski definition) is 3. The smallest absolute Gasteiger partial charge is 0.298 e. The summed E-state index contributed by atoms with van der Waals surface area (Å²) in [6, 6.07) is 7.92. The van der Waals surface area contributed by atoms with Gasteiger partial charge in [-0.25, -0.2) is 0 Å². The van der Waals surface area contributed by atoms with E-state index in [1.807, 2.05) is 0 Å². The molecule has 1 heterocycles. The molecule has 2 aromatic rings. The van der Waals surface area contributed by atoms with E-state index >= 15 is 0 Å². The highest BCUT2D eigenvalue weighted by Crippen LogP contribution is 2.34. The molecule has 0 bridgehead atoms. The molecule has 0 fully saturated rings. The van der Waals surface area contributed by atoms with E-state index in [4.69, 9.17) is 0 Å². The number of carbonyl (C=O) groups is 1. The number of anilines is 1. The van der Waals surface area contributed by atoms with Gasteiger partial charge in [0.2, 0.25) is 0 Å². The Kier molecular flexibility index (Phi) is 3.88. The van der Waals surface area contributed by atoms with E-state index in [0.717, 1.165) is 6.07 Å². The minimum Gasteiger partial charge on any atom is -0.298 e. The standard InChI is InChI=1S/C13H10F3N3O/c14-13(15,16)10-5-1-2-6-11(10)18-19-12(20)9-4-3-7-17-8-9/h1-8,18H,(H,19,20). The predicted octanol–water partition coefficient (Wildman–Crippen LogP) is 2.86. The second-order valence-corrected chi connectivity index (χ2v) is 3.86. The third kappa shape index (κ3) is 3.25. The second-order valence-electron chi connectivity index (χ2n) is 3.86. The van der Waals surface area contributed by atoms with Crippen LogP contribution in [0.3, 0.4) is 0 Å². The van der Waals surface area contributed by atoms with Crippen molar-refractivity contribution in [2.75, 3.05) is 5.43 Å². The Hall–Kier alpha value is -2.57. The highest BCUT2D eigenvalue weighted by molar-refractivity contribution is 5.94. The normalized spacial score (nSPS) is 10.9. The van der Waals surface area contributed by atoms with Gasteiger partial charge in [0.15, 0.2) is 0 Å². The summed E-state index contributed by atoms with van der Waals surface area (Å²) in [6.45, 7) is 0. The summed E-state index contributed by atoms with van der Waals surface area (Å²) in [5, 5.41) is 0. The molecule has 104 valence electrons. The minimum atomic E-state index is -4.50. The lowest BCUT2D eigenvalue weighted by Gasteiger charge is -2.14. The third-order valence-corrected chi connectivity index (χ3v) is 2.47. The molecule has 2 N–H and O–H groups in total. The van der Waals surface area contributed by atoms with Crippen LogP contribution < -0.4 is 10.9 Å². The van der Waals surface area contributed by atoms with Crippen molar-refractivity contribution in [2.24, 2.45) is 0 Å². The topological polar surface area (TPSA) is 54.0 Å². The number of hydrogen-bond donors (Lipinski definition) is 2. The highest BCUT2D eigenvalue weighted by atomic mass is 19.4. The van der Waals surface area contributed by atoms with Crippen molar-refractivity contribution < 1.29 is 18.0 Å². The average Bonchev–Trinajstić information content (AvgIpc) is 2.45. The van der Waals surface area contributed by atoms with Crippen LogP contribution in [0.25, 0.3) is 0 Å². The number of pyridine rings is 1. The largest absolute Gasteiger partial charge is 0.418 e. The molecule has 0 aliphatic heterocycles. The molecule has 1 aromatic heterocycles. The van der Waals surface area contributed by atoms with Gasteiger partial charge < -0.3 is 0 Å². The van der Waals surface area contributed by atoms with Crippen LogP contribution in [-0.2, 0) is 6.18 Å². The molecular weight excluding hydrogens is 271 g/mol. The SMILES string of the molecule is O=C(NNc1ccccc1C(F)(F)F)c1cccnc1. The van der Waals surface area contributed by atoms with Crippen molar-refractivity contribution in [1.29, 1.82) is 0 Å². The molecule has 0 aliphatic carbocycles. The van der Waals surface area contributed by atoms with Crippen molar-refractivity contribution in [2.45, 2.75) is 6.18 Å². The molecule has 2 rings (SSSR count). The molecule has 7 heteroatoms. The lowest BCUT2D eigenvalue weighted by Crippen LogP contribution is -2.30. The van der Waals surface area contributed by atoms with Gasteiger partial charge in [0.1, 0.15) is 0 Å². The fraction of sp³-hybridized carbons (Fsp3) is 0.0769. The number of benzene rings is 1. The van der Waals surface area contributed by atoms with Gasteiger partial charge in [-0.15, -0.1) is 0 Å². The van der Waals surface area contributed by atoms with Gasteiger partial charge in [0, 0.05) is 12.4 Å². The summed E-state index contributed by atoms with van der Waals surface area (Å²) >= 11 is 0. The van der Waals surface area contributed by atoms with Crippen molar-refractivity contribution >= 4 is 11.6 Å². The number of nitrogens with zero attached hydrogens (tertiary/aromatic N) is 1. The molecule has 0 aliphatic rings. The Balaban J connectivity index is 2.11. The summed E-state index contributed by atoms with van der Waals surface area (Å²) in [5.41, 5.74) is 3.63. The number of rotatable bonds is 3. The van der Waals surface area contributed by atoms with Crippen LogP contribution in [-0.4, -0.2) is 10.9 Å². The van der Waals surface area contributed by atoms with E-state index in [-0.39, 0.29) is 11.3 Å². The molecule has 0 saturated heterocycles. The minimum absolute atomic E-state index is 0.225. The molecule has 0 unspecified atom stereocenters. The molecule has 4 nitrogen and oxygen atoms in total. The maximum absolute atomic E-state index is 12.7. The summed E-state index contributed by atoms with van der Waals surface area (Å²) in [5.74, 6) is -0.574. The van der Waals surface area contributed by atoms with Crippen LogP contribution in [0, 0.1) is 0 Å². The van der Waals surface area contributed by atoms with Crippen molar-refractivity contribution in [3.63, 3.8) is 0 Å². The maximum atomic E-state index is 12.7. The molecule has 0 spiro atoms. The number of alkyl halides is 3. The fourth-order valence-corrected chi connectivity index (χ4v) is 1.53. The van der Waals surface area contributed by atoms with Crippen LogP contribution >= 0.6 is 0 Å². The Labute approximate surface area is 112 Å². The quantitative estimate of drug-likeness (QED) is 0.851. The van der Waals surface area contributed by atoms with Crippen LogP contribution in [0.15, 0.2) is 48.8 Å². The van der Waals surface area contributed by atoms with E-state index in [2.05, 4.69) is 15.8 Å². The van der Waals surface area contributed by atoms with Crippen molar-refractivity contribution in [1.82, 2.24) is 10.4 Å². The number of nitrogens with one attached hydrogen (secondary N) is 2. The molecule has 20 heavy (non-hydrogen) atoms. The Morgan fingerprint density at radius 2 is 1.85 bits per heavy atom. The van der Waals surface area contributed by atoms with Crippen molar-refractivity contribution in [3.8, 4) is 0 Å². The van der Waals surface area contributed by atoms with E-state index in [0.29, 0.717) is 0 Å². The molecule has 1 amide bonds. The number of aromatic nitrogens is 1.